The molecule has 0 spiro atoms. The summed E-state index contributed by atoms with van der Waals surface area (Å²) < 4.78 is 30.9. The molecule has 1 aromatic carbocycles. The van der Waals surface area contributed by atoms with Gasteiger partial charge in [-0.3, -0.25) is 4.55 Å². The molecule has 0 saturated heterocycles. The van der Waals surface area contributed by atoms with Crippen molar-refractivity contribution < 1.29 is 18.1 Å². The topological polar surface area (TPSA) is 74.6 Å². The van der Waals surface area contributed by atoms with Crippen LogP contribution in [0.25, 0.3) is 10.1 Å². The van der Waals surface area contributed by atoms with Crippen molar-refractivity contribution in [2.45, 2.75) is 4.21 Å². The molecule has 0 bridgehead atoms. The molecule has 0 unspecified atom stereocenters. The Morgan fingerprint density at radius 3 is 2.44 bits per heavy atom. The summed E-state index contributed by atoms with van der Waals surface area (Å²) >= 11 is 6.52. The zero-order chi connectivity index (χ0) is 11.2. The summed E-state index contributed by atoms with van der Waals surface area (Å²) in [6.07, 6.45) is 0. The molecule has 8 heteroatoms. The van der Waals surface area contributed by atoms with Crippen molar-refractivity contribution in [3.63, 3.8) is 0 Å². The van der Waals surface area contributed by atoms with Crippen molar-refractivity contribution in [3.05, 3.63) is 23.2 Å². The Kier molecular flexibility index (Phi) is 4.29. The fraction of sp³-hybridized carbons (Fsp3) is 0. The number of hydrogen-bond donors (Lipinski definition) is 2. The third-order valence-corrected chi connectivity index (χ3v) is 4.52. The molecule has 0 atom stereocenters. The van der Waals surface area contributed by atoms with E-state index in [-0.39, 0.29) is 44.5 Å². The predicted octanol–water partition coefficient (Wildman–Crippen LogP) is 1.86. The molecule has 2 N–H and O–H groups in total. The van der Waals surface area contributed by atoms with E-state index in [0.29, 0.717) is 10.1 Å². The Hall–Kier alpha value is 0.180. The minimum atomic E-state index is -4.20. The van der Waals surface area contributed by atoms with Gasteiger partial charge in [0.15, 0.2) is 0 Å². The summed E-state index contributed by atoms with van der Waals surface area (Å²) in [5.41, 5.74) is 0. The standard InChI is InChI=1S/C8H5ClO4S2.Na.H/c9-5-1-4-2-8(15(11,12)13)14-7(4)3-6(5)10;;/h1-3,10H,(H,11,12,13);;. The Labute approximate surface area is 123 Å². The molecule has 2 aromatic rings. The van der Waals surface area contributed by atoms with E-state index in [2.05, 4.69) is 0 Å². The van der Waals surface area contributed by atoms with Gasteiger partial charge in [-0.1, -0.05) is 11.6 Å². The zero-order valence-corrected chi connectivity index (χ0v) is 9.53. The van der Waals surface area contributed by atoms with Crippen LogP contribution >= 0.6 is 22.9 Å². The van der Waals surface area contributed by atoms with E-state index >= 15 is 0 Å². The first-order valence-corrected chi connectivity index (χ1v) is 6.41. The second-order valence-corrected chi connectivity index (χ2v) is 6.02. The van der Waals surface area contributed by atoms with Gasteiger partial charge in [-0.2, -0.15) is 8.42 Å². The number of thiophene rings is 1. The fourth-order valence-electron chi connectivity index (χ4n) is 1.15. The van der Waals surface area contributed by atoms with Gasteiger partial charge < -0.3 is 5.11 Å². The summed E-state index contributed by atoms with van der Waals surface area (Å²) in [4.78, 5) is 0. The molecule has 0 amide bonds. The number of phenols is 1. The number of fused-ring (bicyclic) bond motifs is 1. The van der Waals surface area contributed by atoms with E-state index in [4.69, 9.17) is 16.2 Å². The van der Waals surface area contributed by atoms with Crippen molar-refractivity contribution in [3.8, 4) is 5.75 Å². The minimum absolute atomic E-state index is 0. The first-order valence-electron chi connectivity index (χ1n) is 3.77. The van der Waals surface area contributed by atoms with Crippen LogP contribution in [0.15, 0.2) is 22.4 Å². The predicted molar refractivity (Wildman–Crippen MR) is 65.5 cm³/mol. The third-order valence-electron chi connectivity index (χ3n) is 1.82. The van der Waals surface area contributed by atoms with Gasteiger partial charge in [0.25, 0.3) is 0 Å². The molecule has 0 fully saturated rings. The normalized spacial score (nSPS) is 11.4. The van der Waals surface area contributed by atoms with Crippen LogP contribution in [0.1, 0.15) is 0 Å². The second kappa shape index (κ2) is 4.81. The van der Waals surface area contributed by atoms with Crippen LogP contribution in [0.4, 0.5) is 0 Å². The van der Waals surface area contributed by atoms with Gasteiger partial charge in [0.1, 0.15) is 9.96 Å². The summed E-state index contributed by atoms with van der Waals surface area (Å²) in [6, 6.07) is 4.11. The van der Waals surface area contributed by atoms with Crippen LogP contribution < -0.4 is 0 Å². The van der Waals surface area contributed by atoms with Gasteiger partial charge in [0.05, 0.1) is 5.02 Å². The summed E-state index contributed by atoms with van der Waals surface area (Å²) in [6.45, 7) is 0. The number of hydrogen-bond acceptors (Lipinski definition) is 4. The van der Waals surface area contributed by atoms with Crippen molar-refractivity contribution in [2.24, 2.45) is 0 Å². The Morgan fingerprint density at radius 2 is 1.88 bits per heavy atom. The molecule has 0 saturated carbocycles. The molecule has 16 heavy (non-hydrogen) atoms. The Balaban J connectivity index is 0.00000128. The van der Waals surface area contributed by atoms with E-state index in [0.717, 1.165) is 11.3 Å². The molecular formula is C8H6ClNaO4S2. The van der Waals surface area contributed by atoms with E-state index in [9.17, 15) is 13.5 Å². The maximum absolute atomic E-state index is 10.8. The fourth-order valence-corrected chi connectivity index (χ4v) is 3.10. The van der Waals surface area contributed by atoms with Gasteiger partial charge in [-0.25, -0.2) is 0 Å². The van der Waals surface area contributed by atoms with Crippen molar-refractivity contribution in [1.29, 1.82) is 0 Å². The van der Waals surface area contributed by atoms with Crippen LogP contribution in [0, 0.1) is 0 Å². The molecule has 82 valence electrons. The monoisotopic (exact) mass is 288 g/mol. The van der Waals surface area contributed by atoms with Gasteiger partial charge in [0, 0.05) is 4.70 Å². The summed E-state index contributed by atoms with van der Waals surface area (Å²) in [7, 11) is -4.20. The summed E-state index contributed by atoms with van der Waals surface area (Å²) in [5, 5.41) is 10.00. The number of benzene rings is 1. The first kappa shape index (κ1) is 14.2. The van der Waals surface area contributed by atoms with Crippen molar-refractivity contribution >= 4 is 72.7 Å². The second-order valence-electron chi connectivity index (χ2n) is 2.88. The molecular weight excluding hydrogens is 283 g/mol. The number of aromatic hydroxyl groups is 1. The number of rotatable bonds is 1. The quantitative estimate of drug-likeness (QED) is 0.620. The average Bonchev–Trinajstić information content (AvgIpc) is 2.47. The Bertz CT molecular complexity index is 596. The molecule has 1 heterocycles. The van der Waals surface area contributed by atoms with Gasteiger partial charge in [-0.05, 0) is 23.6 Å². The van der Waals surface area contributed by atoms with Crippen molar-refractivity contribution in [2.75, 3.05) is 0 Å². The SMILES string of the molecule is O=S(=O)(O)c1cc2cc(Cl)c(O)cc2s1.[NaH]. The molecule has 0 aliphatic heterocycles. The van der Waals surface area contributed by atoms with E-state index < -0.39 is 10.1 Å². The maximum atomic E-state index is 10.8. The van der Waals surface area contributed by atoms with Crippen LogP contribution in [-0.4, -0.2) is 47.6 Å². The van der Waals surface area contributed by atoms with Gasteiger partial charge in [0.2, 0.25) is 0 Å². The molecule has 0 aliphatic rings. The molecule has 0 radical (unpaired) electrons. The molecule has 1 aromatic heterocycles. The molecule has 0 aliphatic carbocycles. The number of halogens is 1. The Morgan fingerprint density at radius 1 is 1.25 bits per heavy atom. The van der Waals surface area contributed by atoms with Crippen LogP contribution in [0.5, 0.6) is 5.75 Å². The zero-order valence-electron chi connectivity index (χ0n) is 7.14. The average molecular weight is 289 g/mol. The summed E-state index contributed by atoms with van der Waals surface area (Å²) in [5.74, 6) is -0.118. The van der Waals surface area contributed by atoms with Gasteiger partial charge in [-0.15, -0.1) is 11.3 Å². The van der Waals surface area contributed by atoms with E-state index in [1.807, 2.05) is 0 Å². The third kappa shape index (κ3) is 2.70. The van der Waals surface area contributed by atoms with E-state index in [1.165, 1.54) is 18.2 Å². The van der Waals surface area contributed by atoms with Crippen LogP contribution in [0.2, 0.25) is 5.02 Å². The van der Waals surface area contributed by atoms with Crippen molar-refractivity contribution in [1.82, 2.24) is 0 Å². The number of phenolic OH excluding ortho intramolecular Hbond substituents is 1. The molecule has 4 nitrogen and oxygen atoms in total. The van der Waals surface area contributed by atoms with Gasteiger partial charge >= 0.3 is 39.7 Å². The van der Waals surface area contributed by atoms with Crippen LogP contribution in [0.3, 0.4) is 0 Å². The van der Waals surface area contributed by atoms with Crippen LogP contribution in [-0.2, 0) is 10.1 Å². The first-order chi connectivity index (χ1) is 6.88. The molecule has 2 rings (SSSR count). The van der Waals surface area contributed by atoms with E-state index in [1.54, 1.807) is 0 Å².